The molecule has 0 amide bonds. The molecule has 0 bridgehead atoms. The van der Waals surface area contributed by atoms with Crippen LogP contribution in [0, 0.1) is 23.3 Å². The minimum absolute atomic E-state index is 0.428. The van der Waals surface area contributed by atoms with Gasteiger partial charge in [0.05, 0.1) is 17.8 Å². The molecule has 2 atom stereocenters. The Morgan fingerprint density at radius 3 is 1.77 bits per heavy atom. The Bertz CT molecular complexity index is 1180. The summed E-state index contributed by atoms with van der Waals surface area (Å²) < 4.78 is 84.5. The van der Waals surface area contributed by atoms with Crippen molar-refractivity contribution >= 4 is 15.7 Å². The van der Waals surface area contributed by atoms with Crippen molar-refractivity contribution in [3.05, 3.63) is 95.1 Å². The van der Waals surface area contributed by atoms with E-state index in [9.17, 15) is 26.0 Å². The summed E-state index contributed by atoms with van der Waals surface area (Å²) in [6.45, 7) is 0. The fraction of sp³-hybridized carbons (Fsp3) is 0.143. The number of anilines is 1. The predicted molar refractivity (Wildman–Crippen MR) is 109 cm³/mol. The first-order valence-corrected chi connectivity index (χ1v) is 10.6. The number of nitrogens with one attached hydrogen (secondary N) is 2. The van der Waals surface area contributed by atoms with Gasteiger partial charge in [-0.15, -0.1) is 0 Å². The van der Waals surface area contributed by atoms with E-state index in [2.05, 4.69) is 10.0 Å². The van der Waals surface area contributed by atoms with Crippen LogP contribution in [0.3, 0.4) is 0 Å². The highest BCUT2D eigenvalue weighted by Crippen LogP contribution is 2.34. The monoisotopic (exact) mass is 453 g/mol. The molecule has 0 aliphatic rings. The van der Waals surface area contributed by atoms with Crippen LogP contribution in [0.1, 0.15) is 23.2 Å². The molecule has 31 heavy (non-hydrogen) atoms. The van der Waals surface area contributed by atoms with E-state index >= 15 is 0 Å². The number of hydrogen-bond acceptors (Lipinski definition) is 4. The Kier molecular flexibility index (Phi) is 6.63. The zero-order chi connectivity index (χ0) is 22.8. The first-order valence-electron chi connectivity index (χ1n) is 9.10. The molecule has 164 valence electrons. The van der Waals surface area contributed by atoms with Crippen LogP contribution in [-0.4, -0.2) is 15.5 Å². The Morgan fingerprint density at radius 1 is 0.774 bits per heavy atom. The summed E-state index contributed by atoms with van der Waals surface area (Å²) in [6.07, 6.45) is 0. The third-order valence-electron chi connectivity index (χ3n) is 4.73. The third-order valence-corrected chi connectivity index (χ3v) is 6.21. The summed E-state index contributed by atoms with van der Waals surface area (Å²) in [5.41, 5.74) is 6.25. The summed E-state index contributed by atoms with van der Waals surface area (Å²) in [5, 5.41) is 2.08. The quantitative estimate of drug-likeness (QED) is 0.287. The average molecular weight is 453 g/mol. The SMILES string of the molecule is CNc1c(F)c(F)c(F)c(F)c1S(=O)(=O)N[C@@H](c1ccccc1)[C@@H](N)c1ccccc1. The van der Waals surface area contributed by atoms with E-state index in [-0.39, 0.29) is 0 Å². The van der Waals surface area contributed by atoms with Gasteiger partial charge in [0, 0.05) is 7.05 Å². The van der Waals surface area contributed by atoms with Gasteiger partial charge in [-0.05, 0) is 11.1 Å². The van der Waals surface area contributed by atoms with Crippen LogP contribution >= 0.6 is 0 Å². The maximum atomic E-state index is 14.5. The zero-order valence-electron chi connectivity index (χ0n) is 16.2. The number of hydrogen-bond donors (Lipinski definition) is 3. The average Bonchev–Trinajstić information content (AvgIpc) is 2.78. The van der Waals surface area contributed by atoms with Crippen molar-refractivity contribution in [1.82, 2.24) is 4.72 Å². The molecule has 4 N–H and O–H groups in total. The largest absolute Gasteiger partial charge is 0.384 e. The number of rotatable bonds is 7. The van der Waals surface area contributed by atoms with Crippen LogP contribution in [0.4, 0.5) is 23.2 Å². The number of nitrogens with two attached hydrogens (primary N) is 1. The molecule has 0 aliphatic heterocycles. The van der Waals surface area contributed by atoms with Gasteiger partial charge in [0.25, 0.3) is 0 Å². The molecule has 0 unspecified atom stereocenters. The number of halogens is 4. The van der Waals surface area contributed by atoms with Gasteiger partial charge in [0.1, 0.15) is 4.90 Å². The van der Waals surface area contributed by atoms with Crippen LogP contribution in [0.15, 0.2) is 65.6 Å². The second-order valence-corrected chi connectivity index (χ2v) is 8.31. The molecular formula is C21H19F4N3O2S. The summed E-state index contributed by atoms with van der Waals surface area (Å²) >= 11 is 0. The molecule has 3 aromatic rings. The van der Waals surface area contributed by atoms with E-state index < -0.39 is 56.0 Å². The highest BCUT2D eigenvalue weighted by molar-refractivity contribution is 7.89. The molecule has 0 fully saturated rings. The van der Waals surface area contributed by atoms with Gasteiger partial charge >= 0.3 is 0 Å². The second-order valence-electron chi connectivity index (χ2n) is 6.66. The number of benzene rings is 3. The summed E-state index contributed by atoms with van der Waals surface area (Å²) in [7, 11) is -3.86. The molecule has 0 radical (unpaired) electrons. The van der Waals surface area contributed by atoms with Crippen molar-refractivity contribution in [1.29, 1.82) is 0 Å². The molecule has 3 aromatic carbocycles. The molecule has 10 heteroatoms. The summed E-state index contributed by atoms with van der Waals surface area (Å²) in [4.78, 5) is -1.38. The van der Waals surface area contributed by atoms with Crippen molar-refractivity contribution in [3.63, 3.8) is 0 Å². The van der Waals surface area contributed by atoms with Crippen molar-refractivity contribution in [2.45, 2.75) is 17.0 Å². The maximum Gasteiger partial charge on any atom is 0.246 e. The van der Waals surface area contributed by atoms with Crippen molar-refractivity contribution in [2.75, 3.05) is 12.4 Å². The lowest BCUT2D eigenvalue weighted by molar-refractivity contribution is 0.397. The maximum absolute atomic E-state index is 14.5. The molecule has 0 aromatic heterocycles. The summed E-state index contributed by atoms with van der Waals surface area (Å²) in [5.74, 6) is -8.26. The summed E-state index contributed by atoms with van der Waals surface area (Å²) in [6, 6.07) is 14.6. The Hall–Kier alpha value is -2.95. The van der Waals surface area contributed by atoms with Gasteiger partial charge in [-0.25, -0.2) is 30.7 Å². The highest BCUT2D eigenvalue weighted by Gasteiger charge is 2.35. The van der Waals surface area contributed by atoms with Gasteiger partial charge < -0.3 is 11.1 Å². The smallest absolute Gasteiger partial charge is 0.246 e. The van der Waals surface area contributed by atoms with Gasteiger partial charge in [-0.3, -0.25) is 0 Å². The van der Waals surface area contributed by atoms with Crippen LogP contribution in [-0.2, 0) is 10.0 Å². The van der Waals surface area contributed by atoms with Gasteiger partial charge in [0.2, 0.25) is 10.0 Å². The fourth-order valence-corrected chi connectivity index (χ4v) is 4.71. The third kappa shape index (κ3) is 4.41. The number of sulfonamides is 1. The normalized spacial score (nSPS) is 13.6. The van der Waals surface area contributed by atoms with E-state index in [4.69, 9.17) is 5.73 Å². The molecular weight excluding hydrogens is 434 g/mol. The van der Waals surface area contributed by atoms with Gasteiger partial charge in [-0.1, -0.05) is 60.7 Å². The van der Waals surface area contributed by atoms with Crippen LogP contribution < -0.4 is 15.8 Å². The minimum Gasteiger partial charge on any atom is -0.384 e. The molecule has 3 rings (SSSR count). The fourth-order valence-electron chi connectivity index (χ4n) is 3.19. The standard InChI is InChI=1S/C21H19F4N3O2S/c1-27-20-16(24)14(22)15(23)17(25)21(20)31(29,30)28-19(13-10-6-3-7-11-13)18(26)12-8-4-2-5-9-12/h2-11,18-19,27-28H,26H2,1H3/t18-,19-/m0/s1. The first-order chi connectivity index (χ1) is 14.7. The van der Waals surface area contributed by atoms with E-state index in [1.54, 1.807) is 60.7 Å². The molecule has 0 saturated heterocycles. The molecule has 0 aliphatic carbocycles. The lowest BCUT2D eigenvalue weighted by atomic mass is 9.95. The predicted octanol–water partition coefficient (Wildman–Crippen LogP) is 4.00. The second kappa shape index (κ2) is 9.04. The van der Waals surface area contributed by atoms with Crippen LogP contribution in [0.5, 0.6) is 0 Å². The minimum atomic E-state index is -4.91. The Labute approximate surface area is 177 Å². The van der Waals surface area contributed by atoms with Gasteiger partial charge in [-0.2, -0.15) is 0 Å². The van der Waals surface area contributed by atoms with E-state index in [1.807, 2.05) is 0 Å². The lowest BCUT2D eigenvalue weighted by Crippen LogP contribution is -2.37. The topological polar surface area (TPSA) is 84.2 Å². The highest BCUT2D eigenvalue weighted by atomic mass is 32.2. The Morgan fingerprint density at radius 2 is 1.26 bits per heavy atom. The zero-order valence-corrected chi connectivity index (χ0v) is 17.1. The molecule has 0 saturated carbocycles. The molecule has 0 heterocycles. The van der Waals surface area contributed by atoms with E-state index in [0.717, 1.165) is 7.05 Å². The van der Waals surface area contributed by atoms with E-state index in [0.29, 0.717) is 11.1 Å². The molecule has 5 nitrogen and oxygen atoms in total. The first kappa shape index (κ1) is 22.7. The van der Waals surface area contributed by atoms with Gasteiger partial charge in [0.15, 0.2) is 23.3 Å². The van der Waals surface area contributed by atoms with Crippen molar-refractivity contribution in [2.24, 2.45) is 5.73 Å². The Balaban J connectivity index is 2.14. The lowest BCUT2D eigenvalue weighted by Gasteiger charge is -2.26. The van der Waals surface area contributed by atoms with Crippen molar-refractivity contribution < 1.29 is 26.0 Å². The van der Waals surface area contributed by atoms with Crippen LogP contribution in [0.25, 0.3) is 0 Å². The molecule has 0 spiro atoms. The van der Waals surface area contributed by atoms with Crippen LogP contribution in [0.2, 0.25) is 0 Å². The van der Waals surface area contributed by atoms with Crippen molar-refractivity contribution in [3.8, 4) is 0 Å². The van der Waals surface area contributed by atoms with E-state index in [1.165, 1.54) is 0 Å².